The zero-order valence-corrected chi connectivity index (χ0v) is 13.5. The number of aliphatic hydroxyl groups is 1. The van der Waals surface area contributed by atoms with Gasteiger partial charge < -0.3 is 9.52 Å². The number of benzene rings is 1. The first-order valence-electron chi connectivity index (χ1n) is 7.10. The predicted molar refractivity (Wildman–Crippen MR) is 88.7 cm³/mol. The Kier molecular flexibility index (Phi) is 4.34. The summed E-state index contributed by atoms with van der Waals surface area (Å²) in [4.78, 5) is 0. The van der Waals surface area contributed by atoms with E-state index in [0.29, 0.717) is 11.0 Å². The smallest absolute Gasteiger partial charge is 0.135 e. The summed E-state index contributed by atoms with van der Waals surface area (Å²) in [6.45, 7) is 4.27. The number of thioether (sulfide) groups is 2. The van der Waals surface area contributed by atoms with Gasteiger partial charge in [-0.25, -0.2) is 0 Å². The van der Waals surface area contributed by atoms with E-state index in [9.17, 15) is 5.11 Å². The molecule has 0 aliphatic carbocycles. The number of hydrogen-bond donors (Lipinski definition) is 1. The molecule has 0 bridgehead atoms. The van der Waals surface area contributed by atoms with Crippen molar-refractivity contribution in [3.63, 3.8) is 0 Å². The van der Waals surface area contributed by atoms with E-state index >= 15 is 0 Å². The van der Waals surface area contributed by atoms with Gasteiger partial charge in [-0.15, -0.1) is 0 Å². The quantitative estimate of drug-likeness (QED) is 0.911. The normalized spacial score (nSPS) is 24.9. The van der Waals surface area contributed by atoms with Crippen molar-refractivity contribution in [3.8, 4) is 0 Å². The van der Waals surface area contributed by atoms with Gasteiger partial charge in [0.1, 0.15) is 17.4 Å². The van der Waals surface area contributed by atoms with E-state index in [0.717, 1.165) is 23.1 Å². The summed E-state index contributed by atoms with van der Waals surface area (Å²) in [5, 5.41) is 12.5. The first kappa shape index (κ1) is 14.4. The van der Waals surface area contributed by atoms with Crippen LogP contribution in [0.15, 0.2) is 28.7 Å². The molecule has 0 radical (unpaired) electrons. The first-order chi connectivity index (χ1) is 9.69. The molecule has 2 heterocycles. The lowest BCUT2D eigenvalue weighted by molar-refractivity contribution is 0.147. The second-order valence-electron chi connectivity index (χ2n) is 5.29. The van der Waals surface area contributed by atoms with Crippen LogP contribution >= 0.6 is 23.5 Å². The fourth-order valence-corrected chi connectivity index (χ4v) is 5.84. The number of aliphatic hydroxyl groups excluding tert-OH is 1. The average molecular weight is 308 g/mol. The maximum absolute atomic E-state index is 10.7. The van der Waals surface area contributed by atoms with Crippen LogP contribution in [0.3, 0.4) is 0 Å². The average Bonchev–Trinajstić information content (AvgIpc) is 2.89. The van der Waals surface area contributed by atoms with Crippen LogP contribution in [0.5, 0.6) is 0 Å². The summed E-state index contributed by atoms with van der Waals surface area (Å²) < 4.78 is 5.86. The van der Waals surface area contributed by atoms with Crippen molar-refractivity contribution in [2.45, 2.75) is 36.9 Å². The van der Waals surface area contributed by atoms with E-state index in [-0.39, 0.29) is 5.25 Å². The molecule has 0 saturated carbocycles. The van der Waals surface area contributed by atoms with Crippen molar-refractivity contribution in [2.75, 3.05) is 11.5 Å². The highest BCUT2D eigenvalue weighted by Gasteiger charge is 2.33. The van der Waals surface area contributed by atoms with Crippen LogP contribution in [0.25, 0.3) is 11.0 Å². The molecule has 1 aromatic carbocycles. The fraction of sp³-hybridized carbons (Fsp3) is 0.500. The van der Waals surface area contributed by atoms with Crippen molar-refractivity contribution < 1.29 is 9.52 Å². The van der Waals surface area contributed by atoms with Crippen LogP contribution in [0.2, 0.25) is 0 Å². The van der Waals surface area contributed by atoms with E-state index in [1.165, 1.54) is 11.3 Å². The Labute approximate surface area is 128 Å². The molecule has 1 fully saturated rings. The van der Waals surface area contributed by atoms with Crippen molar-refractivity contribution in [2.24, 2.45) is 0 Å². The van der Waals surface area contributed by atoms with Crippen molar-refractivity contribution in [3.05, 3.63) is 35.6 Å². The van der Waals surface area contributed by atoms with Crippen LogP contribution in [-0.4, -0.2) is 27.1 Å². The monoisotopic (exact) mass is 308 g/mol. The molecule has 1 aliphatic rings. The molecule has 2 aromatic rings. The van der Waals surface area contributed by atoms with Gasteiger partial charge in [-0.3, -0.25) is 0 Å². The third-order valence-electron chi connectivity index (χ3n) is 3.79. The SMILES string of the molecule is CCC1SCCSC1C(O)c1cc2cc(C)ccc2o1. The lowest BCUT2D eigenvalue weighted by Gasteiger charge is -2.32. The predicted octanol–water partition coefficient (Wildman–Crippen LogP) is 4.40. The Morgan fingerprint density at radius 1 is 1.30 bits per heavy atom. The molecule has 1 saturated heterocycles. The number of hydrogen-bond acceptors (Lipinski definition) is 4. The highest BCUT2D eigenvalue weighted by Crippen LogP contribution is 2.41. The Morgan fingerprint density at radius 3 is 2.90 bits per heavy atom. The maximum atomic E-state index is 10.7. The maximum Gasteiger partial charge on any atom is 0.135 e. The standard InChI is InChI=1S/C16H20O2S2/c1-3-14-16(20-7-6-19-14)15(17)13-9-11-8-10(2)4-5-12(11)18-13/h4-5,8-9,14-17H,3,6-7H2,1-2H3. The molecule has 4 heteroatoms. The lowest BCUT2D eigenvalue weighted by Crippen LogP contribution is -2.30. The second kappa shape index (κ2) is 6.04. The van der Waals surface area contributed by atoms with E-state index in [1.54, 1.807) is 0 Å². The summed E-state index contributed by atoms with van der Waals surface area (Å²) in [6, 6.07) is 8.14. The third kappa shape index (κ3) is 2.74. The van der Waals surface area contributed by atoms with Crippen molar-refractivity contribution in [1.29, 1.82) is 0 Å². The van der Waals surface area contributed by atoms with Gasteiger partial charge in [-0.1, -0.05) is 18.6 Å². The Hall–Kier alpha value is -0.580. The second-order valence-corrected chi connectivity index (χ2v) is 7.92. The summed E-state index contributed by atoms with van der Waals surface area (Å²) in [5.41, 5.74) is 2.08. The molecule has 108 valence electrons. The minimum absolute atomic E-state index is 0.236. The molecule has 3 rings (SSSR count). The molecular formula is C16H20O2S2. The van der Waals surface area contributed by atoms with Gasteiger partial charge in [0, 0.05) is 27.4 Å². The van der Waals surface area contributed by atoms with Gasteiger partial charge in [0.25, 0.3) is 0 Å². The zero-order chi connectivity index (χ0) is 14.1. The van der Waals surface area contributed by atoms with Gasteiger partial charge in [0.15, 0.2) is 0 Å². The van der Waals surface area contributed by atoms with Crippen LogP contribution in [0.1, 0.15) is 30.8 Å². The number of furan rings is 1. The number of fused-ring (bicyclic) bond motifs is 1. The van der Waals surface area contributed by atoms with E-state index in [1.807, 2.05) is 41.7 Å². The molecule has 1 aliphatic heterocycles. The molecule has 1 N–H and O–H groups in total. The summed E-state index contributed by atoms with van der Waals surface area (Å²) in [6.07, 6.45) is 0.587. The zero-order valence-electron chi connectivity index (χ0n) is 11.8. The van der Waals surface area contributed by atoms with Crippen molar-refractivity contribution in [1.82, 2.24) is 0 Å². The van der Waals surface area contributed by atoms with Crippen molar-refractivity contribution >= 4 is 34.5 Å². The minimum atomic E-state index is -0.509. The Bertz CT molecular complexity index is 593. The molecule has 1 aromatic heterocycles. The lowest BCUT2D eigenvalue weighted by atomic mass is 10.1. The van der Waals surface area contributed by atoms with Gasteiger partial charge in [-0.2, -0.15) is 23.5 Å². The number of rotatable bonds is 3. The highest BCUT2D eigenvalue weighted by atomic mass is 32.2. The summed E-state index contributed by atoms with van der Waals surface area (Å²) in [7, 11) is 0. The van der Waals surface area contributed by atoms with Crippen LogP contribution < -0.4 is 0 Å². The highest BCUT2D eigenvalue weighted by molar-refractivity contribution is 8.07. The third-order valence-corrected chi connectivity index (χ3v) is 7.12. The van der Waals surface area contributed by atoms with Gasteiger partial charge in [0.05, 0.1) is 0 Å². The van der Waals surface area contributed by atoms with E-state index in [4.69, 9.17) is 4.42 Å². The molecule has 3 unspecified atom stereocenters. The Balaban J connectivity index is 1.89. The molecule has 0 spiro atoms. The topological polar surface area (TPSA) is 33.4 Å². The minimum Gasteiger partial charge on any atom is -0.458 e. The molecule has 2 nitrogen and oxygen atoms in total. The van der Waals surface area contributed by atoms with Crippen LogP contribution in [-0.2, 0) is 0 Å². The largest absolute Gasteiger partial charge is 0.458 e. The molecule has 3 atom stereocenters. The summed E-state index contributed by atoms with van der Waals surface area (Å²) in [5.74, 6) is 3.01. The van der Waals surface area contributed by atoms with Gasteiger partial charge in [-0.05, 0) is 31.5 Å². The first-order valence-corrected chi connectivity index (χ1v) is 9.20. The summed E-state index contributed by atoms with van der Waals surface area (Å²) >= 11 is 3.86. The van der Waals surface area contributed by atoms with Gasteiger partial charge >= 0.3 is 0 Å². The molecule has 0 amide bonds. The molecule has 20 heavy (non-hydrogen) atoms. The van der Waals surface area contributed by atoms with Gasteiger partial charge in [0.2, 0.25) is 0 Å². The molecular weight excluding hydrogens is 288 g/mol. The van der Waals surface area contributed by atoms with E-state index in [2.05, 4.69) is 19.9 Å². The van der Waals surface area contributed by atoms with E-state index < -0.39 is 6.10 Å². The van der Waals surface area contributed by atoms with Crippen LogP contribution in [0.4, 0.5) is 0 Å². The van der Waals surface area contributed by atoms with Crippen LogP contribution in [0, 0.1) is 6.92 Å². The Morgan fingerprint density at radius 2 is 2.10 bits per heavy atom. The number of aryl methyl sites for hydroxylation is 1. The fourth-order valence-electron chi connectivity index (χ4n) is 2.72.